The van der Waals surface area contributed by atoms with Crippen LogP contribution in [0.5, 0.6) is 0 Å². The third kappa shape index (κ3) is 3.73. The average Bonchev–Trinajstić information content (AvgIpc) is 2.75. The van der Waals surface area contributed by atoms with Crippen molar-refractivity contribution in [2.24, 2.45) is 0 Å². The maximum atomic E-state index is 4.55. The summed E-state index contributed by atoms with van der Waals surface area (Å²) in [6, 6.07) is 0. The molecule has 1 N–H and O–H groups in total. The molecular formula is C14H26N4. The average molecular weight is 250 g/mol. The molecule has 0 atom stereocenters. The molecule has 18 heavy (non-hydrogen) atoms. The van der Waals surface area contributed by atoms with E-state index in [1.54, 1.807) is 0 Å². The molecule has 4 nitrogen and oxygen atoms in total. The lowest BCUT2D eigenvalue weighted by Gasteiger charge is -2.26. The Morgan fingerprint density at radius 1 is 1.22 bits per heavy atom. The molecule has 1 aromatic heterocycles. The lowest BCUT2D eigenvalue weighted by atomic mass is 10.1. The molecule has 4 heteroatoms. The molecule has 0 bridgehead atoms. The maximum Gasteiger partial charge on any atom is 0.203 e. The summed E-state index contributed by atoms with van der Waals surface area (Å²) in [4.78, 5) is 7.12. The Morgan fingerprint density at radius 3 is 2.72 bits per heavy atom. The number of likely N-dealkylation sites (tertiary alicyclic amines) is 1. The number of hydrogen-bond acceptors (Lipinski definition) is 3. The highest BCUT2D eigenvalue weighted by molar-refractivity contribution is 5.28. The SMILES string of the molecule is CCCNc1nc(C)cn1CCN1CCCCC1. The first-order chi connectivity index (χ1) is 8.79. The van der Waals surface area contributed by atoms with Crippen LogP contribution in [0.25, 0.3) is 0 Å². The Hall–Kier alpha value is -1.03. The summed E-state index contributed by atoms with van der Waals surface area (Å²) in [7, 11) is 0. The second-order valence-electron chi connectivity index (χ2n) is 5.23. The summed E-state index contributed by atoms with van der Waals surface area (Å²) >= 11 is 0. The molecule has 1 aliphatic heterocycles. The van der Waals surface area contributed by atoms with E-state index in [-0.39, 0.29) is 0 Å². The van der Waals surface area contributed by atoms with Crippen molar-refractivity contribution in [2.75, 3.05) is 31.5 Å². The number of rotatable bonds is 6. The Labute approximate surface area is 110 Å². The van der Waals surface area contributed by atoms with Gasteiger partial charge in [-0.1, -0.05) is 13.3 Å². The standard InChI is InChI=1S/C14H26N4/c1-3-7-15-14-16-13(2)12-18(14)11-10-17-8-5-4-6-9-17/h12H,3-11H2,1-2H3,(H,15,16). The van der Waals surface area contributed by atoms with Crippen LogP contribution in [0.1, 0.15) is 38.3 Å². The second-order valence-corrected chi connectivity index (χ2v) is 5.23. The fourth-order valence-corrected chi connectivity index (χ4v) is 2.53. The predicted molar refractivity (Wildman–Crippen MR) is 76.0 cm³/mol. The van der Waals surface area contributed by atoms with Gasteiger partial charge in [-0.05, 0) is 39.3 Å². The lowest BCUT2D eigenvalue weighted by molar-refractivity contribution is 0.221. The fraction of sp³-hybridized carbons (Fsp3) is 0.786. The van der Waals surface area contributed by atoms with Gasteiger partial charge in [0.05, 0.1) is 5.69 Å². The molecule has 1 aliphatic rings. The Morgan fingerprint density at radius 2 is 2.00 bits per heavy atom. The summed E-state index contributed by atoms with van der Waals surface area (Å²) in [5.74, 6) is 1.03. The van der Waals surface area contributed by atoms with E-state index >= 15 is 0 Å². The molecule has 1 saturated heterocycles. The molecule has 0 spiro atoms. The summed E-state index contributed by atoms with van der Waals surface area (Å²) in [5.41, 5.74) is 1.10. The lowest BCUT2D eigenvalue weighted by Crippen LogP contribution is -2.32. The van der Waals surface area contributed by atoms with E-state index in [4.69, 9.17) is 0 Å². The van der Waals surface area contributed by atoms with Crippen LogP contribution in [0.2, 0.25) is 0 Å². The molecule has 0 amide bonds. The number of aryl methyl sites for hydroxylation is 1. The van der Waals surface area contributed by atoms with Crippen molar-refractivity contribution in [2.45, 2.75) is 46.1 Å². The Bertz CT molecular complexity index is 353. The van der Waals surface area contributed by atoms with E-state index < -0.39 is 0 Å². The molecule has 1 fully saturated rings. The molecule has 2 rings (SSSR count). The molecule has 102 valence electrons. The molecule has 0 aliphatic carbocycles. The monoisotopic (exact) mass is 250 g/mol. The third-order valence-corrected chi connectivity index (χ3v) is 3.54. The summed E-state index contributed by atoms with van der Waals surface area (Å²) in [5, 5.41) is 3.40. The van der Waals surface area contributed by atoms with Crippen LogP contribution >= 0.6 is 0 Å². The van der Waals surface area contributed by atoms with Gasteiger partial charge in [0.15, 0.2) is 0 Å². The zero-order valence-electron chi connectivity index (χ0n) is 11.8. The largest absolute Gasteiger partial charge is 0.356 e. The van der Waals surface area contributed by atoms with Gasteiger partial charge in [0.1, 0.15) is 0 Å². The minimum Gasteiger partial charge on any atom is -0.356 e. The molecule has 2 heterocycles. The zero-order chi connectivity index (χ0) is 12.8. The van der Waals surface area contributed by atoms with E-state index in [1.165, 1.54) is 32.4 Å². The van der Waals surface area contributed by atoms with E-state index in [0.29, 0.717) is 0 Å². The minimum absolute atomic E-state index is 1.00. The van der Waals surface area contributed by atoms with Crippen LogP contribution in [-0.2, 0) is 6.54 Å². The number of nitrogens with zero attached hydrogens (tertiary/aromatic N) is 3. The number of imidazole rings is 1. The molecule has 1 aromatic rings. The highest BCUT2D eigenvalue weighted by atomic mass is 15.2. The van der Waals surface area contributed by atoms with Gasteiger partial charge < -0.3 is 14.8 Å². The smallest absolute Gasteiger partial charge is 0.203 e. The minimum atomic E-state index is 1.00. The third-order valence-electron chi connectivity index (χ3n) is 3.54. The van der Waals surface area contributed by atoms with E-state index in [9.17, 15) is 0 Å². The topological polar surface area (TPSA) is 33.1 Å². The van der Waals surface area contributed by atoms with Crippen molar-refractivity contribution in [1.82, 2.24) is 14.5 Å². The molecule has 0 aromatic carbocycles. The van der Waals surface area contributed by atoms with Crippen LogP contribution < -0.4 is 5.32 Å². The maximum absolute atomic E-state index is 4.55. The van der Waals surface area contributed by atoms with Gasteiger partial charge >= 0.3 is 0 Å². The number of nitrogens with one attached hydrogen (secondary N) is 1. The van der Waals surface area contributed by atoms with Gasteiger partial charge in [0.2, 0.25) is 5.95 Å². The van der Waals surface area contributed by atoms with Crippen molar-refractivity contribution in [1.29, 1.82) is 0 Å². The number of aromatic nitrogens is 2. The molecular weight excluding hydrogens is 224 g/mol. The molecule has 0 saturated carbocycles. The second kappa shape index (κ2) is 6.78. The number of hydrogen-bond donors (Lipinski definition) is 1. The van der Waals surface area contributed by atoms with Gasteiger partial charge in [-0.3, -0.25) is 0 Å². The van der Waals surface area contributed by atoms with Crippen molar-refractivity contribution in [3.8, 4) is 0 Å². The highest BCUT2D eigenvalue weighted by Crippen LogP contribution is 2.11. The normalized spacial score (nSPS) is 17.0. The van der Waals surface area contributed by atoms with Gasteiger partial charge in [-0.25, -0.2) is 4.98 Å². The van der Waals surface area contributed by atoms with E-state index in [2.05, 4.69) is 39.8 Å². The van der Waals surface area contributed by atoms with Crippen molar-refractivity contribution < 1.29 is 0 Å². The predicted octanol–water partition coefficient (Wildman–Crippen LogP) is 2.50. The van der Waals surface area contributed by atoms with Crippen LogP contribution in [0.15, 0.2) is 6.20 Å². The Kier molecular flexibility index (Phi) is 5.05. The zero-order valence-corrected chi connectivity index (χ0v) is 11.8. The van der Waals surface area contributed by atoms with Crippen LogP contribution in [0, 0.1) is 6.92 Å². The van der Waals surface area contributed by atoms with Crippen LogP contribution in [0.4, 0.5) is 5.95 Å². The molecule has 0 unspecified atom stereocenters. The quantitative estimate of drug-likeness (QED) is 0.842. The van der Waals surface area contributed by atoms with Crippen molar-refractivity contribution >= 4 is 5.95 Å². The van der Waals surface area contributed by atoms with Gasteiger partial charge in [-0.2, -0.15) is 0 Å². The first kappa shape index (κ1) is 13.4. The Balaban J connectivity index is 1.86. The van der Waals surface area contributed by atoms with Crippen LogP contribution in [0.3, 0.4) is 0 Å². The highest BCUT2D eigenvalue weighted by Gasteiger charge is 2.11. The van der Waals surface area contributed by atoms with E-state index in [0.717, 1.165) is 37.7 Å². The first-order valence-corrected chi connectivity index (χ1v) is 7.29. The molecule has 0 radical (unpaired) electrons. The summed E-state index contributed by atoms with van der Waals surface area (Å²) in [6.07, 6.45) is 7.43. The number of piperidine rings is 1. The summed E-state index contributed by atoms with van der Waals surface area (Å²) < 4.78 is 2.26. The first-order valence-electron chi connectivity index (χ1n) is 7.29. The van der Waals surface area contributed by atoms with Crippen LogP contribution in [-0.4, -0.2) is 40.6 Å². The fourth-order valence-electron chi connectivity index (χ4n) is 2.53. The van der Waals surface area contributed by atoms with Gasteiger partial charge in [0.25, 0.3) is 0 Å². The number of anilines is 1. The van der Waals surface area contributed by atoms with Crippen molar-refractivity contribution in [3.05, 3.63) is 11.9 Å². The van der Waals surface area contributed by atoms with Crippen molar-refractivity contribution in [3.63, 3.8) is 0 Å². The van der Waals surface area contributed by atoms with E-state index in [1.807, 2.05) is 0 Å². The van der Waals surface area contributed by atoms with Gasteiger partial charge in [-0.15, -0.1) is 0 Å². The van der Waals surface area contributed by atoms with Gasteiger partial charge in [0, 0.05) is 25.8 Å². The summed E-state index contributed by atoms with van der Waals surface area (Å²) in [6.45, 7) is 9.98.